The fraction of sp³-hybridized carbons (Fsp3) is 1.00. The van der Waals surface area contributed by atoms with Crippen molar-refractivity contribution in [2.24, 2.45) is 11.5 Å². The number of hydrogen-bond donors (Lipinski definition) is 2. The second kappa shape index (κ2) is 19.2. The highest BCUT2D eigenvalue weighted by Crippen LogP contribution is 2.14. The van der Waals surface area contributed by atoms with Crippen LogP contribution in [-0.2, 0) is 0 Å². The Bertz CT molecular complexity index is 202. The molecule has 24 heavy (non-hydrogen) atoms. The molecular formula is C22H48N2. The van der Waals surface area contributed by atoms with Crippen molar-refractivity contribution in [3.05, 3.63) is 0 Å². The standard InChI is InChI=1S/C22H48N2/c1-21(23)19-17-15-13-11-9-7-5-3-4-6-8-10-12-14-16-18-20-22(2)24/h21-22H,3-20,23-24H2,1-2H3. The largest absolute Gasteiger partial charge is 0.328 e. The molecule has 0 heterocycles. The van der Waals surface area contributed by atoms with Gasteiger partial charge in [0.2, 0.25) is 0 Å². The minimum absolute atomic E-state index is 0.393. The molecule has 2 heteroatoms. The lowest BCUT2D eigenvalue weighted by molar-refractivity contribution is 0.514. The Kier molecular flexibility index (Phi) is 19.2. The van der Waals surface area contributed by atoms with Crippen molar-refractivity contribution < 1.29 is 0 Å². The summed E-state index contributed by atoms with van der Waals surface area (Å²) in [5.74, 6) is 0. The molecule has 0 aromatic rings. The Hall–Kier alpha value is -0.0800. The van der Waals surface area contributed by atoms with Gasteiger partial charge in [-0.2, -0.15) is 0 Å². The lowest BCUT2D eigenvalue weighted by Gasteiger charge is -2.05. The van der Waals surface area contributed by atoms with Gasteiger partial charge in [0.05, 0.1) is 0 Å². The van der Waals surface area contributed by atoms with Gasteiger partial charge in [-0.3, -0.25) is 0 Å². The van der Waals surface area contributed by atoms with E-state index >= 15 is 0 Å². The topological polar surface area (TPSA) is 52.0 Å². The van der Waals surface area contributed by atoms with Crippen molar-refractivity contribution in [2.75, 3.05) is 0 Å². The Balaban J connectivity index is 2.98. The number of rotatable bonds is 19. The van der Waals surface area contributed by atoms with Gasteiger partial charge in [-0.25, -0.2) is 0 Å². The van der Waals surface area contributed by atoms with Crippen molar-refractivity contribution in [3.8, 4) is 0 Å². The molecule has 0 rings (SSSR count). The van der Waals surface area contributed by atoms with Gasteiger partial charge in [-0.05, 0) is 26.7 Å². The summed E-state index contributed by atoms with van der Waals surface area (Å²) in [6, 6.07) is 0.787. The molecule has 0 aliphatic rings. The molecule has 0 aromatic carbocycles. The van der Waals surface area contributed by atoms with Gasteiger partial charge in [0.15, 0.2) is 0 Å². The molecule has 4 N–H and O–H groups in total. The maximum atomic E-state index is 5.76. The lowest BCUT2D eigenvalue weighted by Crippen LogP contribution is -2.13. The first kappa shape index (κ1) is 23.9. The van der Waals surface area contributed by atoms with Crippen LogP contribution in [0.3, 0.4) is 0 Å². The number of nitrogens with two attached hydrogens (primary N) is 2. The molecule has 0 fully saturated rings. The van der Waals surface area contributed by atoms with E-state index in [1.165, 1.54) is 116 Å². The number of unbranched alkanes of at least 4 members (excludes halogenated alkanes) is 15. The summed E-state index contributed by atoms with van der Waals surface area (Å²) in [5, 5.41) is 0. The predicted octanol–water partition coefficient (Wildman–Crippen LogP) is 6.70. The van der Waals surface area contributed by atoms with Crippen LogP contribution in [0.5, 0.6) is 0 Å². The second-order valence-corrected chi connectivity index (χ2v) is 8.19. The maximum absolute atomic E-state index is 5.76. The van der Waals surface area contributed by atoms with Crippen molar-refractivity contribution in [3.63, 3.8) is 0 Å². The van der Waals surface area contributed by atoms with E-state index in [1.54, 1.807) is 0 Å². The third-order valence-electron chi connectivity index (χ3n) is 5.07. The van der Waals surface area contributed by atoms with Crippen LogP contribution in [0.1, 0.15) is 129 Å². The van der Waals surface area contributed by atoms with Crippen molar-refractivity contribution in [1.82, 2.24) is 0 Å². The van der Waals surface area contributed by atoms with Gasteiger partial charge in [0.1, 0.15) is 0 Å². The SMILES string of the molecule is CC(N)CCCCCCCCCCCCCCCCCCC(C)N. The molecule has 0 saturated heterocycles. The van der Waals surface area contributed by atoms with Crippen LogP contribution >= 0.6 is 0 Å². The fourth-order valence-electron chi connectivity index (χ4n) is 3.41. The summed E-state index contributed by atoms with van der Waals surface area (Å²) in [7, 11) is 0. The Labute approximate surface area is 153 Å². The van der Waals surface area contributed by atoms with E-state index in [1.807, 2.05) is 0 Å². The molecule has 0 spiro atoms. The van der Waals surface area contributed by atoms with Crippen LogP contribution in [0.25, 0.3) is 0 Å². The molecule has 2 unspecified atom stereocenters. The maximum Gasteiger partial charge on any atom is 0.00104 e. The van der Waals surface area contributed by atoms with Crippen molar-refractivity contribution in [2.45, 2.75) is 142 Å². The van der Waals surface area contributed by atoms with Crippen LogP contribution in [-0.4, -0.2) is 12.1 Å². The minimum Gasteiger partial charge on any atom is -0.328 e. The second-order valence-electron chi connectivity index (χ2n) is 8.19. The summed E-state index contributed by atoms with van der Waals surface area (Å²) in [5.41, 5.74) is 11.5. The van der Waals surface area contributed by atoms with Crippen molar-refractivity contribution in [1.29, 1.82) is 0 Å². The smallest absolute Gasteiger partial charge is 0.00104 e. The van der Waals surface area contributed by atoms with Gasteiger partial charge < -0.3 is 11.5 Å². The van der Waals surface area contributed by atoms with Crippen molar-refractivity contribution >= 4 is 0 Å². The first-order valence-electron chi connectivity index (χ1n) is 11.1. The molecule has 2 atom stereocenters. The highest BCUT2D eigenvalue weighted by Gasteiger charge is 1.97. The average Bonchev–Trinajstić information content (AvgIpc) is 2.53. The van der Waals surface area contributed by atoms with Gasteiger partial charge >= 0.3 is 0 Å². The normalized spacial score (nSPS) is 14.0. The summed E-state index contributed by atoms with van der Waals surface area (Å²) in [6.45, 7) is 4.23. The van der Waals surface area contributed by atoms with E-state index in [2.05, 4.69) is 13.8 Å². The van der Waals surface area contributed by atoms with Gasteiger partial charge in [-0.15, -0.1) is 0 Å². The predicted molar refractivity (Wildman–Crippen MR) is 110 cm³/mol. The molecular weight excluding hydrogens is 292 g/mol. The van der Waals surface area contributed by atoms with E-state index < -0.39 is 0 Å². The molecule has 0 bridgehead atoms. The van der Waals surface area contributed by atoms with Crippen LogP contribution < -0.4 is 11.5 Å². The van der Waals surface area contributed by atoms with E-state index in [4.69, 9.17) is 11.5 Å². The molecule has 0 aromatic heterocycles. The zero-order chi connectivity index (χ0) is 17.9. The van der Waals surface area contributed by atoms with Crippen LogP contribution in [0, 0.1) is 0 Å². The quantitative estimate of drug-likeness (QED) is 0.257. The highest BCUT2D eigenvalue weighted by molar-refractivity contribution is 4.55. The van der Waals surface area contributed by atoms with Gasteiger partial charge in [-0.1, -0.05) is 103 Å². The Morgan fingerprint density at radius 3 is 0.708 bits per heavy atom. The lowest BCUT2D eigenvalue weighted by atomic mass is 10.0. The molecule has 0 aliphatic heterocycles. The third-order valence-corrected chi connectivity index (χ3v) is 5.07. The average molecular weight is 341 g/mol. The highest BCUT2D eigenvalue weighted by atomic mass is 14.6. The summed E-state index contributed by atoms with van der Waals surface area (Å²) in [4.78, 5) is 0. The number of hydrogen-bond acceptors (Lipinski definition) is 2. The summed E-state index contributed by atoms with van der Waals surface area (Å²) < 4.78 is 0. The molecule has 0 saturated carbocycles. The van der Waals surface area contributed by atoms with E-state index in [9.17, 15) is 0 Å². The van der Waals surface area contributed by atoms with Gasteiger partial charge in [0, 0.05) is 12.1 Å². The molecule has 2 nitrogen and oxygen atoms in total. The Morgan fingerprint density at radius 1 is 0.375 bits per heavy atom. The molecule has 0 aliphatic carbocycles. The van der Waals surface area contributed by atoms with Crippen LogP contribution in [0.15, 0.2) is 0 Å². The van der Waals surface area contributed by atoms with E-state index in [0.717, 1.165) is 0 Å². The molecule has 146 valence electrons. The van der Waals surface area contributed by atoms with Gasteiger partial charge in [0.25, 0.3) is 0 Å². The van der Waals surface area contributed by atoms with E-state index in [-0.39, 0.29) is 0 Å². The zero-order valence-electron chi connectivity index (χ0n) is 17.0. The van der Waals surface area contributed by atoms with Crippen LogP contribution in [0.2, 0.25) is 0 Å². The fourth-order valence-corrected chi connectivity index (χ4v) is 3.41. The van der Waals surface area contributed by atoms with Crippen LogP contribution in [0.4, 0.5) is 0 Å². The Morgan fingerprint density at radius 2 is 0.542 bits per heavy atom. The molecule has 0 radical (unpaired) electrons. The zero-order valence-corrected chi connectivity index (χ0v) is 17.0. The minimum atomic E-state index is 0.393. The van der Waals surface area contributed by atoms with E-state index in [0.29, 0.717) is 12.1 Å². The first-order chi connectivity index (χ1) is 11.6. The third kappa shape index (κ3) is 21.9. The summed E-state index contributed by atoms with van der Waals surface area (Å²) >= 11 is 0. The molecule has 0 amide bonds. The first-order valence-corrected chi connectivity index (χ1v) is 11.1. The summed E-state index contributed by atoms with van der Waals surface area (Å²) in [6.07, 6.45) is 25.1. The monoisotopic (exact) mass is 340 g/mol.